The second-order valence-electron chi connectivity index (χ2n) is 6.11. The molecule has 0 aromatic heterocycles. The van der Waals surface area contributed by atoms with E-state index in [9.17, 15) is 0 Å². The first kappa shape index (κ1) is 16.3. The molecular weight excluding hydrogens is 262 g/mol. The SMILES string of the molecule is CCN1CCOC(CN(Cc2ccccc2N)C(C)C)C1. The molecule has 1 atom stereocenters. The van der Waals surface area contributed by atoms with Crippen LogP contribution in [0.3, 0.4) is 0 Å². The fraction of sp³-hybridized carbons (Fsp3) is 0.647. The Kier molecular flexibility index (Phi) is 6.03. The number of benzene rings is 1. The molecular formula is C17H29N3O. The predicted molar refractivity (Wildman–Crippen MR) is 88.3 cm³/mol. The molecule has 0 amide bonds. The largest absolute Gasteiger partial charge is 0.398 e. The summed E-state index contributed by atoms with van der Waals surface area (Å²) in [5, 5.41) is 0. The van der Waals surface area contributed by atoms with E-state index in [0.717, 1.165) is 45.0 Å². The van der Waals surface area contributed by atoms with Crippen LogP contribution >= 0.6 is 0 Å². The zero-order valence-electron chi connectivity index (χ0n) is 13.6. The fourth-order valence-electron chi connectivity index (χ4n) is 2.79. The lowest BCUT2D eigenvalue weighted by atomic mass is 10.1. The standard InChI is InChI=1S/C17H29N3O/c1-4-19-9-10-21-16(12-19)13-20(14(2)3)11-15-7-5-6-8-17(15)18/h5-8,14,16H,4,9-13,18H2,1-3H3. The lowest BCUT2D eigenvalue weighted by Crippen LogP contribution is -2.48. The van der Waals surface area contributed by atoms with Crippen LogP contribution in [0.5, 0.6) is 0 Å². The number of ether oxygens (including phenoxy) is 1. The summed E-state index contributed by atoms with van der Waals surface area (Å²) >= 11 is 0. The third-order valence-electron chi connectivity index (χ3n) is 4.27. The van der Waals surface area contributed by atoms with E-state index >= 15 is 0 Å². The van der Waals surface area contributed by atoms with E-state index in [1.54, 1.807) is 0 Å². The highest BCUT2D eigenvalue weighted by Gasteiger charge is 2.23. The van der Waals surface area contributed by atoms with Crippen molar-refractivity contribution in [2.75, 3.05) is 38.5 Å². The summed E-state index contributed by atoms with van der Waals surface area (Å²) in [5.74, 6) is 0. The number of nitrogen functional groups attached to an aromatic ring is 1. The van der Waals surface area contributed by atoms with Gasteiger partial charge in [0.2, 0.25) is 0 Å². The molecule has 2 N–H and O–H groups in total. The van der Waals surface area contributed by atoms with E-state index in [1.165, 1.54) is 5.56 Å². The van der Waals surface area contributed by atoms with E-state index < -0.39 is 0 Å². The van der Waals surface area contributed by atoms with E-state index in [-0.39, 0.29) is 0 Å². The van der Waals surface area contributed by atoms with Crippen molar-refractivity contribution >= 4 is 5.69 Å². The second kappa shape index (κ2) is 7.78. The Balaban J connectivity index is 1.97. The maximum absolute atomic E-state index is 6.08. The molecule has 1 aromatic rings. The van der Waals surface area contributed by atoms with Crippen LogP contribution < -0.4 is 5.73 Å². The molecule has 4 heteroatoms. The van der Waals surface area contributed by atoms with Crippen molar-refractivity contribution in [1.82, 2.24) is 9.80 Å². The van der Waals surface area contributed by atoms with Gasteiger partial charge in [-0.25, -0.2) is 0 Å². The minimum Gasteiger partial charge on any atom is -0.398 e. The Morgan fingerprint density at radius 1 is 1.38 bits per heavy atom. The van der Waals surface area contributed by atoms with Crippen molar-refractivity contribution in [1.29, 1.82) is 0 Å². The maximum Gasteiger partial charge on any atom is 0.0829 e. The van der Waals surface area contributed by atoms with Crippen molar-refractivity contribution in [2.24, 2.45) is 0 Å². The summed E-state index contributed by atoms with van der Waals surface area (Å²) < 4.78 is 5.94. The number of para-hydroxylation sites is 1. The molecule has 118 valence electrons. The van der Waals surface area contributed by atoms with Crippen molar-refractivity contribution in [2.45, 2.75) is 39.5 Å². The van der Waals surface area contributed by atoms with Gasteiger partial charge in [-0.15, -0.1) is 0 Å². The zero-order valence-corrected chi connectivity index (χ0v) is 13.6. The highest BCUT2D eigenvalue weighted by molar-refractivity contribution is 5.46. The molecule has 0 aliphatic carbocycles. The molecule has 1 heterocycles. The summed E-state index contributed by atoms with van der Waals surface area (Å²) in [4.78, 5) is 4.92. The number of hydrogen-bond donors (Lipinski definition) is 1. The summed E-state index contributed by atoms with van der Waals surface area (Å²) in [7, 11) is 0. The fourth-order valence-corrected chi connectivity index (χ4v) is 2.79. The second-order valence-corrected chi connectivity index (χ2v) is 6.11. The molecule has 1 unspecified atom stereocenters. The molecule has 0 spiro atoms. The van der Waals surface area contributed by atoms with Crippen LogP contribution in [0.4, 0.5) is 5.69 Å². The van der Waals surface area contributed by atoms with Gasteiger partial charge < -0.3 is 10.5 Å². The lowest BCUT2D eigenvalue weighted by molar-refractivity contribution is -0.0467. The average Bonchev–Trinajstić information content (AvgIpc) is 2.49. The Labute approximate surface area is 128 Å². The summed E-state index contributed by atoms with van der Waals surface area (Å²) in [5.41, 5.74) is 8.16. The van der Waals surface area contributed by atoms with Gasteiger partial charge in [-0.3, -0.25) is 9.80 Å². The smallest absolute Gasteiger partial charge is 0.0829 e. The Hall–Kier alpha value is -1.10. The first-order valence-electron chi connectivity index (χ1n) is 8.01. The number of nitrogens with zero attached hydrogens (tertiary/aromatic N) is 2. The van der Waals surface area contributed by atoms with Crippen LogP contribution in [0, 0.1) is 0 Å². The number of morpholine rings is 1. The van der Waals surface area contributed by atoms with Gasteiger partial charge in [-0.2, -0.15) is 0 Å². The van der Waals surface area contributed by atoms with Gasteiger partial charge in [0.1, 0.15) is 0 Å². The van der Waals surface area contributed by atoms with Crippen LogP contribution in [-0.4, -0.2) is 54.7 Å². The van der Waals surface area contributed by atoms with Crippen molar-refractivity contribution < 1.29 is 4.74 Å². The summed E-state index contributed by atoms with van der Waals surface area (Å²) in [6.07, 6.45) is 0.297. The monoisotopic (exact) mass is 291 g/mol. The first-order chi connectivity index (χ1) is 10.1. The maximum atomic E-state index is 6.08. The molecule has 2 rings (SSSR count). The van der Waals surface area contributed by atoms with Crippen molar-refractivity contribution in [3.05, 3.63) is 29.8 Å². The van der Waals surface area contributed by atoms with Crippen LogP contribution in [0.1, 0.15) is 26.3 Å². The molecule has 0 bridgehead atoms. The zero-order chi connectivity index (χ0) is 15.2. The predicted octanol–water partition coefficient (Wildman–Crippen LogP) is 2.20. The van der Waals surface area contributed by atoms with Gasteiger partial charge in [0.05, 0.1) is 12.7 Å². The molecule has 1 aromatic carbocycles. The normalized spacial score (nSPS) is 20.3. The average molecular weight is 291 g/mol. The lowest BCUT2D eigenvalue weighted by Gasteiger charge is -2.36. The molecule has 1 aliphatic heterocycles. The quantitative estimate of drug-likeness (QED) is 0.816. The molecule has 4 nitrogen and oxygen atoms in total. The van der Waals surface area contributed by atoms with Gasteiger partial charge in [0.25, 0.3) is 0 Å². The highest BCUT2D eigenvalue weighted by Crippen LogP contribution is 2.17. The van der Waals surface area contributed by atoms with Crippen molar-refractivity contribution in [3.8, 4) is 0 Å². The number of anilines is 1. The molecule has 21 heavy (non-hydrogen) atoms. The Bertz CT molecular complexity index is 436. The van der Waals surface area contributed by atoms with Crippen LogP contribution in [0.2, 0.25) is 0 Å². The molecule has 1 fully saturated rings. The minimum atomic E-state index is 0.297. The van der Waals surface area contributed by atoms with E-state index in [4.69, 9.17) is 10.5 Å². The number of likely N-dealkylation sites (N-methyl/N-ethyl adjacent to an activating group) is 1. The highest BCUT2D eigenvalue weighted by atomic mass is 16.5. The summed E-state index contributed by atoms with van der Waals surface area (Å²) in [6, 6.07) is 8.61. The van der Waals surface area contributed by atoms with Gasteiger partial charge in [0.15, 0.2) is 0 Å². The van der Waals surface area contributed by atoms with Gasteiger partial charge in [-0.1, -0.05) is 25.1 Å². The van der Waals surface area contributed by atoms with E-state index in [1.807, 2.05) is 12.1 Å². The van der Waals surface area contributed by atoms with Gasteiger partial charge >= 0.3 is 0 Å². The van der Waals surface area contributed by atoms with Crippen LogP contribution in [-0.2, 0) is 11.3 Å². The Morgan fingerprint density at radius 2 is 2.14 bits per heavy atom. The number of nitrogens with two attached hydrogens (primary N) is 1. The van der Waals surface area contributed by atoms with Gasteiger partial charge in [0, 0.05) is 37.9 Å². The van der Waals surface area contributed by atoms with E-state index in [0.29, 0.717) is 12.1 Å². The number of hydrogen-bond acceptors (Lipinski definition) is 4. The first-order valence-corrected chi connectivity index (χ1v) is 8.01. The third-order valence-corrected chi connectivity index (χ3v) is 4.27. The van der Waals surface area contributed by atoms with Crippen LogP contribution in [0.15, 0.2) is 24.3 Å². The van der Waals surface area contributed by atoms with Crippen molar-refractivity contribution in [3.63, 3.8) is 0 Å². The topological polar surface area (TPSA) is 41.7 Å². The number of rotatable bonds is 6. The van der Waals surface area contributed by atoms with Gasteiger partial charge in [-0.05, 0) is 32.0 Å². The molecule has 1 saturated heterocycles. The minimum absolute atomic E-state index is 0.297. The molecule has 0 radical (unpaired) electrons. The molecule has 1 aliphatic rings. The summed E-state index contributed by atoms with van der Waals surface area (Å²) in [6.45, 7) is 12.6. The Morgan fingerprint density at radius 3 is 2.81 bits per heavy atom. The third kappa shape index (κ3) is 4.70. The van der Waals surface area contributed by atoms with Crippen LogP contribution in [0.25, 0.3) is 0 Å². The van der Waals surface area contributed by atoms with E-state index in [2.05, 4.69) is 42.7 Å². The molecule has 0 saturated carbocycles.